The zero-order chi connectivity index (χ0) is 11.5. The molecule has 0 aliphatic rings. The summed E-state index contributed by atoms with van der Waals surface area (Å²) in [6.07, 6.45) is 2.36. The van der Waals surface area contributed by atoms with Crippen LogP contribution in [0.25, 0.3) is 10.9 Å². The Morgan fingerprint density at radius 2 is 2.25 bits per heavy atom. The molecule has 0 spiro atoms. The van der Waals surface area contributed by atoms with Gasteiger partial charge in [0.15, 0.2) is 0 Å². The van der Waals surface area contributed by atoms with E-state index in [4.69, 9.17) is 5.84 Å². The Morgan fingerprint density at radius 3 is 3.00 bits per heavy atom. The zero-order valence-corrected chi connectivity index (χ0v) is 10.2. The van der Waals surface area contributed by atoms with Gasteiger partial charge in [-0.2, -0.15) is 0 Å². The Hall–Kier alpha value is -1.33. The van der Waals surface area contributed by atoms with Crippen LogP contribution in [0.2, 0.25) is 0 Å². The van der Waals surface area contributed by atoms with Crippen molar-refractivity contribution < 1.29 is 4.79 Å². The smallest absolute Gasteiger partial charge is 0.235 e. The molecule has 2 rings (SSSR count). The molecule has 0 saturated heterocycles. The minimum atomic E-state index is -0.154. The van der Waals surface area contributed by atoms with E-state index in [2.05, 4.69) is 27.4 Å². The van der Waals surface area contributed by atoms with Crippen molar-refractivity contribution in [1.29, 1.82) is 0 Å². The summed E-state index contributed by atoms with van der Waals surface area (Å²) in [4.78, 5) is 11.0. The second-order valence-corrected chi connectivity index (χ2v) is 4.45. The number of rotatable bonds is 3. The van der Waals surface area contributed by atoms with Gasteiger partial charge in [-0.1, -0.05) is 15.9 Å². The molecule has 16 heavy (non-hydrogen) atoms. The summed E-state index contributed by atoms with van der Waals surface area (Å²) >= 11 is 3.43. The van der Waals surface area contributed by atoms with Crippen molar-refractivity contribution in [3.63, 3.8) is 0 Å². The van der Waals surface area contributed by atoms with E-state index >= 15 is 0 Å². The Bertz CT molecular complexity index is 521. The fourth-order valence-corrected chi connectivity index (χ4v) is 2.04. The van der Waals surface area contributed by atoms with Gasteiger partial charge in [0.25, 0.3) is 0 Å². The lowest BCUT2D eigenvalue weighted by Crippen LogP contribution is -2.30. The van der Waals surface area contributed by atoms with Gasteiger partial charge in [-0.3, -0.25) is 10.2 Å². The van der Waals surface area contributed by atoms with E-state index in [1.165, 1.54) is 0 Å². The lowest BCUT2D eigenvalue weighted by atomic mass is 10.2. The molecule has 1 aromatic carbocycles. The molecule has 1 aromatic heterocycles. The molecule has 0 aliphatic carbocycles. The summed E-state index contributed by atoms with van der Waals surface area (Å²) in [5.41, 5.74) is 3.24. The summed E-state index contributed by atoms with van der Waals surface area (Å²) in [6, 6.07) is 8.09. The number of aromatic nitrogens is 1. The maximum Gasteiger partial charge on any atom is 0.235 e. The number of nitrogens with zero attached hydrogens (tertiary/aromatic N) is 1. The third-order valence-electron chi connectivity index (χ3n) is 2.47. The molecule has 0 radical (unpaired) electrons. The second kappa shape index (κ2) is 4.67. The van der Waals surface area contributed by atoms with E-state index in [1.54, 1.807) is 0 Å². The molecule has 0 fully saturated rings. The highest BCUT2D eigenvalue weighted by Crippen LogP contribution is 2.20. The number of carbonyl (C=O) groups excluding carboxylic acids is 1. The number of carbonyl (C=O) groups is 1. The monoisotopic (exact) mass is 281 g/mol. The number of benzene rings is 1. The Morgan fingerprint density at radius 1 is 1.44 bits per heavy atom. The van der Waals surface area contributed by atoms with Crippen LogP contribution in [0.4, 0.5) is 0 Å². The molecule has 0 unspecified atom stereocenters. The number of nitrogens with one attached hydrogen (secondary N) is 1. The van der Waals surface area contributed by atoms with Gasteiger partial charge in [-0.25, -0.2) is 5.84 Å². The van der Waals surface area contributed by atoms with Crippen LogP contribution >= 0.6 is 15.9 Å². The first-order valence-corrected chi connectivity index (χ1v) is 5.74. The summed E-state index contributed by atoms with van der Waals surface area (Å²) in [5, 5.41) is 1.16. The highest BCUT2D eigenvalue weighted by molar-refractivity contribution is 9.10. The average molecular weight is 282 g/mol. The molecule has 4 nitrogen and oxygen atoms in total. The first-order chi connectivity index (χ1) is 7.70. The van der Waals surface area contributed by atoms with E-state index < -0.39 is 0 Å². The van der Waals surface area contributed by atoms with E-state index in [0.717, 1.165) is 15.4 Å². The molecular weight excluding hydrogens is 270 g/mol. The van der Waals surface area contributed by atoms with Crippen molar-refractivity contribution >= 4 is 32.7 Å². The van der Waals surface area contributed by atoms with Gasteiger partial charge >= 0.3 is 0 Å². The summed E-state index contributed by atoms with van der Waals surface area (Å²) < 4.78 is 3.09. The fourth-order valence-electron chi connectivity index (χ4n) is 1.66. The Balaban J connectivity index is 2.22. The van der Waals surface area contributed by atoms with Gasteiger partial charge in [-0.05, 0) is 24.3 Å². The highest BCUT2D eigenvalue weighted by Gasteiger charge is 2.03. The summed E-state index contributed by atoms with van der Waals surface area (Å²) in [7, 11) is 0. The van der Waals surface area contributed by atoms with Crippen LogP contribution < -0.4 is 11.3 Å². The van der Waals surface area contributed by atoms with Crippen molar-refractivity contribution in [3.8, 4) is 0 Å². The first kappa shape index (κ1) is 11.2. The van der Waals surface area contributed by atoms with Crippen LogP contribution in [0.15, 0.2) is 34.9 Å². The van der Waals surface area contributed by atoms with E-state index in [1.807, 2.05) is 29.0 Å². The number of nitrogens with two attached hydrogens (primary N) is 1. The molecular formula is C11H12BrN3O. The highest BCUT2D eigenvalue weighted by atomic mass is 79.9. The molecule has 2 aromatic rings. The van der Waals surface area contributed by atoms with E-state index in [9.17, 15) is 4.79 Å². The van der Waals surface area contributed by atoms with Crippen molar-refractivity contribution in [1.82, 2.24) is 9.99 Å². The van der Waals surface area contributed by atoms with E-state index in [0.29, 0.717) is 13.0 Å². The molecule has 1 heterocycles. The lowest BCUT2D eigenvalue weighted by Gasteiger charge is -2.04. The summed E-state index contributed by atoms with van der Waals surface area (Å²) in [6.45, 7) is 0.633. The van der Waals surface area contributed by atoms with Crippen LogP contribution in [-0.2, 0) is 11.3 Å². The second-order valence-electron chi connectivity index (χ2n) is 3.53. The van der Waals surface area contributed by atoms with Crippen LogP contribution in [0.1, 0.15) is 6.42 Å². The molecule has 0 saturated carbocycles. The van der Waals surface area contributed by atoms with Gasteiger partial charge in [0.2, 0.25) is 5.91 Å². The molecule has 1 amide bonds. The normalized spacial score (nSPS) is 10.6. The maximum atomic E-state index is 11.0. The van der Waals surface area contributed by atoms with Crippen molar-refractivity contribution in [2.24, 2.45) is 5.84 Å². The topological polar surface area (TPSA) is 60.0 Å². The number of fused-ring (bicyclic) bond motifs is 1. The molecule has 3 N–H and O–H groups in total. The molecule has 5 heteroatoms. The predicted octanol–water partition coefficient (Wildman–Crippen LogP) is 1.78. The van der Waals surface area contributed by atoms with Crippen molar-refractivity contribution in [3.05, 3.63) is 34.9 Å². The lowest BCUT2D eigenvalue weighted by molar-refractivity contribution is -0.121. The fraction of sp³-hybridized carbons (Fsp3) is 0.182. The Labute approximate surface area is 102 Å². The van der Waals surface area contributed by atoms with Gasteiger partial charge in [-0.15, -0.1) is 0 Å². The van der Waals surface area contributed by atoms with Crippen molar-refractivity contribution in [2.75, 3.05) is 0 Å². The predicted molar refractivity (Wildman–Crippen MR) is 66.6 cm³/mol. The van der Waals surface area contributed by atoms with Crippen LogP contribution in [0, 0.1) is 0 Å². The summed E-state index contributed by atoms with van der Waals surface area (Å²) in [5.74, 6) is 4.88. The largest absolute Gasteiger partial charge is 0.347 e. The van der Waals surface area contributed by atoms with Crippen molar-refractivity contribution in [2.45, 2.75) is 13.0 Å². The number of hydrogen-bond donors (Lipinski definition) is 2. The third kappa shape index (κ3) is 2.25. The average Bonchev–Trinajstić information content (AvgIpc) is 2.68. The third-order valence-corrected chi connectivity index (χ3v) is 2.97. The molecule has 0 bridgehead atoms. The SMILES string of the molecule is NNC(=O)CCn1ccc2cc(Br)ccc21. The van der Waals surface area contributed by atoms with Gasteiger partial charge in [0.1, 0.15) is 0 Å². The van der Waals surface area contributed by atoms with E-state index in [-0.39, 0.29) is 5.91 Å². The number of hydrogen-bond acceptors (Lipinski definition) is 2. The van der Waals surface area contributed by atoms with Crippen LogP contribution in [0.5, 0.6) is 0 Å². The standard InChI is InChI=1S/C11H12BrN3O/c12-9-1-2-10-8(7-9)3-5-15(10)6-4-11(16)14-13/h1-3,5,7H,4,6,13H2,(H,14,16). The van der Waals surface area contributed by atoms with Gasteiger partial charge in [0.05, 0.1) is 0 Å². The zero-order valence-electron chi connectivity index (χ0n) is 8.61. The van der Waals surface area contributed by atoms with Crippen LogP contribution in [-0.4, -0.2) is 10.5 Å². The minimum absolute atomic E-state index is 0.154. The number of amides is 1. The Kier molecular flexibility index (Phi) is 3.26. The number of halogens is 1. The molecule has 84 valence electrons. The number of hydrazine groups is 1. The molecule has 0 aliphatic heterocycles. The van der Waals surface area contributed by atoms with Gasteiger partial charge in [0, 0.05) is 34.5 Å². The first-order valence-electron chi connectivity index (χ1n) is 4.94. The maximum absolute atomic E-state index is 11.0. The van der Waals surface area contributed by atoms with Crippen LogP contribution in [0.3, 0.4) is 0 Å². The number of aryl methyl sites for hydroxylation is 1. The minimum Gasteiger partial charge on any atom is -0.347 e. The quantitative estimate of drug-likeness (QED) is 0.512. The van der Waals surface area contributed by atoms with Gasteiger partial charge < -0.3 is 4.57 Å². The molecule has 0 atom stereocenters.